The van der Waals surface area contributed by atoms with Crippen molar-refractivity contribution in [2.45, 2.75) is 38.8 Å². The monoisotopic (exact) mass is 353 g/mol. The lowest BCUT2D eigenvalue weighted by Gasteiger charge is -2.08. The van der Waals surface area contributed by atoms with Crippen molar-refractivity contribution in [2.75, 3.05) is 6.61 Å². The first-order chi connectivity index (χ1) is 12.8. The van der Waals surface area contributed by atoms with Gasteiger partial charge in [-0.05, 0) is 35.8 Å². The van der Waals surface area contributed by atoms with E-state index in [4.69, 9.17) is 4.74 Å². The van der Waals surface area contributed by atoms with Gasteiger partial charge in [0.15, 0.2) is 11.5 Å². The third kappa shape index (κ3) is 3.32. The molecule has 2 aromatic heterocycles. The molecule has 26 heavy (non-hydrogen) atoms. The number of hydrogen-bond acceptors (Lipinski definition) is 7. The van der Waals surface area contributed by atoms with Gasteiger partial charge >= 0.3 is 5.97 Å². The van der Waals surface area contributed by atoms with Crippen molar-refractivity contribution in [1.29, 1.82) is 0 Å². The largest absolute Gasteiger partial charge is 0.461 e. The number of tetrazole rings is 1. The topological polar surface area (TPSA) is 101 Å². The lowest BCUT2D eigenvalue weighted by atomic mass is 10.2. The van der Waals surface area contributed by atoms with Gasteiger partial charge in [0, 0.05) is 5.92 Å². The van der Waals surface area contributed by atoms with Gasteiger partial charge < -0.3 is 4.74 Å². The van der Waals surface area contributed by atoms with E-state index in [1.807, 2.05) is 30.3 Å². The molecule has 0 N–H and O–H groups in total. The second-order valence-electron chi connectivity index (χ2n) is 6.21. The summed E-state index contributed by atoms with van der Waals surface area (Å²) < 4.78 is 8.55. The van der Waals surface area contributed by atoms with E-state index in [1.165, 1.54) is 0 Å². The van der Waals surface area contributed by atoms with Gasteiger partial charge in [-0.25, -0.2) is 14.2 Å². The molecule has 9 heteroatoms. The van der Waals surface area contributed by atoms with Crippen LogP contribution in [0.5, 0.6) is 0 Å². The van der Waals surface area contributed by atoms with Crippen LogP contribution >= 0.6 is 0 Å². The van der Waals surface area contributed by atoms with E-state index >= 15 is 0 Å². The number of benzene rings is 1. The summed E-state index contributed by atoms with van der Waals surface area (Å²) in [5.41, 5.74) is 2.23. The highest BCUT2D eigenvalue weighted by atomic mass is 16.5. The molecule has 0 bridgehead atoms. The van der Waals surface area contributed by atoms with Crippen LogP contribution in [0.1, 0.15) is 53.3 Å². The van der Waals surface area contributed by atoms with Crippen LogP contribution in [-0.2, 0) is 17.8 Å². The van der Waals surface area contributed by atoms with E-state index in [0.29, 0.717) is 37.1 Å². The summed E-state index contributed by atoms with van der Waals surface area (Å²) in [6.07, 6.45) is 2.05. The molecule has 1 aliphatic carbocycles. The minimum atomic E-state index is -0.426. The Morgan fingerprint density at radius 3 is 2.65 bits per heavy atom. The Morgan fingerprint density at radius 2 is 1.92 bits per heavy atom. The second kappa shape index (κ2) is 7.03. The highest BCUT2D eigenvalue weighted by Crippen LogP contribution is 2.41. The van der Waals surface area contributed by atoms with Crippen molar-refractivity contribution >= 4 is 5.97 Å². The SMILES string of the molecule is CCOC(=O)c1nnn(Cc2nnnn2Cc2ccccc2)c1C1CC1. The van der Waals surface area contributed by atoms with Gasteiger partial charge in [0.05, 0.1) is 18.8 Å². The van der Waals surface area contributed by atoms with E-state index in [0.717, 1.165) is 24.1 Å². The molecular weight excluding hydrogens is 334 g/mol. The van der Waals surface area contributed by atoms with Crippen molar-refractivity contribution in [3.63, 3.8) is 0 Å². The van der Waals surface area contributed by atoms with Gasteiger partial charge in [-0.3, -0.25) is 0 Å². The molecule has 0 unspecified atom stereocenters. The first-order valence-electron chi connectivity index (χ1n) is 8.65. The summed E-state index contributed by atoms with van der Waals surface area (Å²) in [6.45, 7) is 3.02. The van der Waals surface area contributed by atoms with Crippen LogP contribution in [0, 0.1) is 0 Å². The third-order valence-corrected chi connectivity index (χ3v) is 4.28. The lowest BCUT2D eigenvalue weighted by molar-refractivity contribution is 0.0518. The van der Waals surface area contributed by atoms with E-state index in [1.54, 1.807) is 16.3 Å². The maximum absolute atomic E-state index is 12.1. The normalized spacial score (nSPS) is 13.7. The van der Waals surface area contributed by atoms with E-state index in [2.05, 4.69) is 25.8 Å². The molecule has 1 aromatic carbocycles. The average Bonchev–Trinajstić information content (AvgIpc) is 3.26. The zero-order valence-electron chi connectivity index (χ0n) is 14.4. The van der Waals surface area contributed by atoms with Crippen LogP contribution in [0.25, 0.3) is 0 Å². The standard InChI is InChI=1S/C17H19N7O2/c1-2-26-17(25)15-16(13-8-9-13)24(21-19-15)11-14-18-20-22-23(14)10-12-6-4-3-5-7-12/h3-7,13H,2,8-11H2,1H3. The first-order valence-corrected chi connectivity index (χ1v) is 8.65. The number of carbonyl (C=O) groups is 1. The maximum atomic E-state index is 12.1. The molecule has 134 valence electrons. The Hall–Kier alpha value is -3.10. The van der Waals surface area contributed by atoms with Crippen molar-refractivity contribution in [1.82, 2.24) is 35.2 Å². The molecule has 0 saturated heterocycles. The highest BCUT2D eigenvalue weighted by Gasteiger charge is 2.34. The highest BCUT2D eigenvalue weighted by molar-refractivity contribution is 5.88. The van der Waals surface area contributed by atoms with Crippen molar-refractivity contribution in [2.24, 2.45) is 0 Å². The second-order valence-corrected chi connectivity index (χ2v) is 6.21. The van der Waals surface area contributed by atoms with Crippen molar-refractivity contribution in [3.8, 4) is 0 Å². The Morgan fingerprint density at radius 1 is 1.12 bits per heavy atom. The molecule has 0 radical (unpaired) electrons. The van der Waals surface area contributed by atoms with Gasteiger partial charge in [0.1, 0.15) is 6.54 Å². The van der Waals surface area contributed by atoms with Gasteiger partial charge in [-0.2, -0.15) is 0 Å². The molecule has 1 saturated carbocycles. The van der Waals surface area contributed by atoms with Crippen LogP contribution in [0.4, 0.5) is 0 Å². The molecule has 9 nitrogen and oxygen atoms in total. The number of aromatic nitrogens is 7. The first kappa shape index (κ1) is 16.4. The molecule has 4 rings (SSSR count). The summed E-state index contributed by atoms with van der Waals surface area (Å²) in [4.78, 5) is 12.1. The average molecular weight is 353 g/mol. The summed E-state index contributed by atoms with van der Waals surface area (Å²) in [6, 6.07) is 9.98. The van der Waals surface area contributed by atoms with Gasteiger partial charge in [0.2, 0.25) is 0 Å². The minimum Gasteiger partial charge on any atom is -0.461 e. The van der Waals surface area contributed by atoms with E-state index in [-0.39, 0.29) is 0 Å². The third-order valence-electron chi connectivity index (χ3n) is 4.28. The molecule has 3 aromatic rings. The number of ether oxygens (including phenoxy) is 1. The Bertz CT molecular complexity index is 899. The fraction of sp³-hybridized carbons (Fsp3) is 0.412. The number of esters is 1. The summed E-state index contributed by atoms with van der Waals surface area (Å²) in [5, 5.41) is 20.2. The summed E-state index contributed by atoms with van der Waals surface area (Å²) in [7, 11) is 0. The van der Waals surface area contributed by atoms with Crippen LogP contribution < -0.4 is 0 Å². The Balaban J connectivity index is 1.59. The predicted molar refractivity (Wildman–Crippen MR) is 90.4 cm³/mol. The summed E-state index contributed by atoms with van der Waals surface area (Å²) >= 11 is 0. The van der Waals surface area contributed by atoms with Gasteiger partial charge in [-0.1, -0.05) is 35.5 Å². The molecule has 0 amide bonds. The van der Waals surface area contributed by atoms with Crippen molar-refractivity contribution in [3.05, 3.63) is 53.1 Å². The zero-order valence-corrected chi connectivity index (χ0v) is 14.4. The molecule has 0 spiro atoms. The van der Waals surface area contributed by atoms with Crippen LogP contribution in [0.2, 0.25) is 0 Å². The molecule has 0 aliphatic heterocycles. The Kier molecular flexibility index (Phi) is 4.42. The lowest BCUT2D eigenvalue weighted by Crippen LogP contribution is -2.15. The fourth-order valence-electron chi connectivity index (χ4n) is 2.89. The summed E-state index contributed by atoms with van der Waals surface area (Å²) in [5.74, 6) is 0.531. The molecule has 0 atom stereocenters. The minimum absolute atomic E-state index is 0.294. The van der Waals surface area contributed by atoms with Crippen LogP contribution in [0.15, 0.2) is 30.3 Å². The zero-order chi connectivity index (χ0) is 17.9. The predicted octanol–water partition coefficient (Wildman–Crippen LogP) is 1.42. The fourth-order valence-corrected chi connectivity index (χ4v) is 2.89. The van der Waals surface area contributed by atoms with E-state index in [9.17, 15) is 4.79 Å². The van der Waals surface area contributed by atoms with Gasteiger partial charge in [0.25, 0.3) is 0 Å². The quantitative estimate of drug-likeness (QED) is 0.592. The number of nitrogens with zero attached hydrogens (tertiary/aromatic N) is 7. The molecule has 1 fully saturated rings. The maximum Gasteiger partial charge on any atom is 0.360 e. The smallest absolute Gasteiger partial charge is 0.360 e. The molecular formula is C17H19N7O2. The van der Waals surface area contributed by atoms with Gasteiger partial charge in [-0.15, -0.1) is 10.2 Å². The molecule has 1 aliphatic rings. The van der Waals surface area contributed by atoms with Crippen molar-refractivity contribution < 1.29 is 9.53 Å². The van der Waals surface area contributed by atoms with Crippen LogP contribution in [0.3, 0.4) is 0 Å². The Labute approximate surface area is 150 Å². The number of rotatable bonds is 7. The molecule has 2 heterocycles. The van der Waals surface area contributed by atoms with E-state index < -0.39 is 5.97 Å². The number of carbonyl (C=O) groups excluding carboxylic acids is 1. The number of hydrogen-bond donors (Lipinski definition) is 0. The van der Waals surface area contributed by atoms with Crippen LogP contribution in [-0.4, -0.2) is 47.8 Å².